The van der Waals surface area contributed by atoms with Crippen LogP contribution in [0, 0.1) is 24.2 Å². The van der Waals surface area contributed by atoms with Gasteiger partial charge in [0.25, 0.3) is 0 Å². The highest BCUT2D eigenvalue weighted by Gasteiger charge is 2.56. The summed E-state index contributed by atoms with van der Waals surface area (Å²) in [5, 5.41) is 0.273. The number of carbonyl (C=O) groups is 2. The number of esters is 2. The Kier molecular flexibility index (Phi) is 13.3. The highest BCUT2D eigenvalue weighted by molar-refractivity contribution is 9.09. The van der Waals surface area contributed by atoms with Gasteiger partial charge < -0.3 is 9.47 Å². The van der Waals surface area contributed by atoms with Gasteiger partial charge in [0.2, 0.25) is 0 Å². The molecule has 4 nitrogen and oxygen atoms in total. The smallest absolute Gasteiger partial charge is 0.316 e. The van der Waals surface area contributed by atoms with Gasteiger partial charge in [-0.1, -0.05) is 107 Å². The molecule has 0 saturated heterocycles. The fourth-order valence-corrected chi connectivity index (χ4v) is 8.94. The predicted octanol–water partition coefficient (Wildman–Crippen LogP) is 10.5. The van der Waals surface area contributed by atoms with Crippen LogP contribution in [0.3, 0.4) is 0 Å². The molecule has 0 amide bonds. The Bertz CT molecular complexity index is 1020. The van der Waals surface area contributed by atoms with E-state index in [0.29, 0.717) is 24.2 Å². The molecule has 2 fully saturated rings. The van der Waals surface area contributed by atoms with Gasteiger partial charge in [0, 0.05) is 11.8 Å². The fraction of sp³-hybridized carbons (Fsp3) is 0.784. The number of alkyl halides is 1. The second-order valence-corrected chi connectivity index (χ2v) is 14.5. The highest BCUT2D eigenvalue weighted by atomic mass is 79.9. The maximum atomic E-state index is 12.6. The molecule has 1 aromatic rings. The molecule has 0 heterocycles. The topological polar surface area (TPSA) is 52.6 Å². The van der Waals surface area contributed by atoms with Crippen molar-refractivity contribution in [1.29, 1.82) is 0 Å². The van der Waals surface area contributed by atoms with Crippen LogP contribution in [0.1, 0.15) is 158 Å². The Morgan fingerprint density at radius 2 is 1.50 bits per heavy atom. The van der Waals surface area contributed by atoms with Crippen molar-refractivity contribution in [2.24, 2.45) is 17.3 Å². The van der Waals surface area contributed by atoms with Crippen molar-refractivity contribution >= 4 is 27.9 Å². The van der Waals surface area contributed by atoms with Crippen molar-refractivity contribution < 1.29 is 19.1 Å². The van der Waals surface area contributed by atoms with Crippen LogP contribution in [-0.4, -0.2) is 23.4 Å². The van der Waals surface area contributed by atoms with E-state index >= 15 is 0 Å². The molecule has 5 atom stereocenters. The predicted molar refractivity (Wildman–Crippen MR) is 175 cm³/mol. The first-order valence-corrected chi connectivity index (χ1v) is 18.6. The fourth-order valence-electron chi connectivity index (χ4n) is 8.81. The molecule has 42 heavy (non-hydrogen) atoms. The molecule has 2 saturated carbocycles. The van der Waals surface area contributed by atoms with Crippen molar-refractivity contribution in [3.63, 3.8) is 0 Å². The third-order valence-electron chi connectivity index (χ3n) is 11.0. The normalized spacial score (nSPS) is 26.3. The largest absolute Gasteiger partial charge is 0.461 e. The number of aryl methyl sites for hydroxylation is 2. The third-order valence-corrected chi connectivity index (χ3v) is 11.5. The molecule has 1 aromatic carbocycles. The van der Waals surface area contributed by atoms with E-state index in [0.717, 1.165) is 50.7 Å². The third kappa shape index (κ3) is 8.63. The van der Waals surface area contributed by atoms with Gasteiger partial charge in [-0.05, 0) is 98.4 Å². The van der Waals surface area contributed by atoms with E-state index in [9.17, 15) is 9.59 Å². The molecular weight excluding hydrogens is 588 g/mol. The molecular formula is C37H57BrO4. The lowest BCUT2D eigenvalue weighted by Gasteiger charge is -2.50. The molecule has 0 bridgehead atoms. The summed E-state index contributed by atoms with van der Waals surface area (Å²) in [5.41, 5.74) is 4.25. The van der Waals surface area contributed by atoms with E-state index in [1.165, 1.54) is 93.7 Å². The zero-order valence-corrected chi connectivity index (χ0v) is 28.4. The van der Waals surface area contributed by atoms with Crippen LogP contribution in [0.4, 0.5) is 0 Å². The summed E-state index contributed by atoms with van der Waals surface area (Å²) in [6.07, 6.45) is 24.2. The number of benzene rings is 1. The lowest BCUT2D eigenvalue weighted by atomic mass is 9.55. The first kappa shape index (κ1) is 33.5. The maximum absolute atomic E-state index is 12.6. The maximum Gasteiger partial charge on any atom is 0.316 e. The van der Waals surface area contributed by atoms with Gasteiger partial charge in [-0.2, -0.15) is 0 Å². The molecule has 0 aliphatic heterocycles. The number of carbonyl (C=O) groups excluding carboxylic acids is 2. The number of ether oxygens (including phenoxy) is 2. The molecule has 236 valence electrons. The van der Waals surface area contributed by atoms with E-state index in [2.05, 4.69) is 48.8 Å². The van der Waals surface area contributed by atoms with Crippen molar-refractivity contribution in [2.75, 3.05) is 5.33 Å². The Hall–Kier alpha value is -1.36. The van der Waals surface area contributed by atoms with E-state index in [1.807, 2.05) is 0 Å². The van der Waals surface area contributed by atoms with Crippen molar-refractivity contribution in [3.05, 3.63) is 28.8 Å². The molecule has 3 aliphatic rings. The second kappa shape index (κ2) is 16.6. The Balaban J connectivity index is 1.18. The summed E-state index contributed by atoms with van der Waals surface area (Å²) in [4.78, 5) is 24.7. The van der Waals surface area contributed by atoms with Gasteiger partial charge in [0.05, 0.1) is 0 Å². The standard InChI is InChI=1S/C37H57BrO4/c1-4-5-6-7-8-9-10-11-12-13-14-15-16-17-34(39)41-29-24-27(2)36-28(25-29)18-19-30-31(36)22-23-37(3)32(30)20-21-33(37)42-35(40)26-38/h24-25,30-33H,4-23,26H2,1-3H3/t30-,31+,32+,33+,37+/m1/s1. The Morgan fingerprint density at radius 1 is 0.857 bits per heavy atom. The average Bonchev–Trinajstić information content (AvgIpc) is 3.30. The lowest BCUT2D eigenvalue weighted by Crippen LogP contribution is -2.45. The summed E-state index contributed by atoms with van der Waals surface area (Å²) in [6.45, 7) is 6.85. The minimum atomic E-state index is -0.134. The van der Waals surface area contributed by atoms with Gasteiger partial charge in [-0.25, -0.2) is 0 Å². The molecule has 0 aromatic heterocycles. The van der Waals surface area contributed by atoms with E-state index < -0.39 is 0 Å². The summed E-state index contributed by atoms with van der Waals surface area (Å²) < 4.78 is 11.8. The van der Waals surface area contributed by atoms with Crippen molar-refractivity contribution in [3.8, 4) is 5.75 Å². The van der Waals surface area contributed by atoms with Crippen molar-refractivity contribution in [2.45, 2.75) is 161 Å². The molecule has 3 aliphatic carbocycles. The van der Waals surface area contributed by atoms with E-state index in [4.69, 9.17) is 9.47 Å². The summed E-state index contributed by atoms with van der Waals surface area (Å²) in [7, 11) is 0. The minimum absolute atomic E-state index is 0.0488. The van der Waals surface area contributed by atoms with Crippen LogP contribution in [0.25, 0.3) is 0 Å². The van der Waals surface area contributed by atoms with Gasteiger partial charge >= 0.3 is 11.9 Å². The number of unbranched alkanes of at least 4 members (excludes halogenated alkanes) is 12. The second-order valence-electron chi connectivity index (χ2n) is 13.9. The van der Waals surface area contributed by atoms with Gasteiger partial charge in [-0.15, -0.1) is 0 Å². The number of hydrogen-bond donors (Lipinski definition) is 0. The van der Waals surface area contributed by atoms with E-state index in [1.54, 1.807) is 0 Å². The van der Waals surface area contributed by atoms with Crippen LogP contribution in [-0.2, 0) is 20.7 Å². The number of halogens is 1. The van der Waals surface area contributed by atoms with Crippen LogP contribution in [0.15, 0.2) is 12.1 Å². The Morgan fingerprint density at radius 3 is 2.14 bits per heavy atom. The average molecular weight is 646 g/mol. The molecule has 0 spiro atoms. The summed E-state index contributed by atoms with van der Waals surface area (Å²) in [6, 6.07) is 4.26. The quantitative estimate of drug-likeness (QED) is 0.0732. The van der Waals surface area contributed by atoms with Gasteiger partial charge in [0.15, 0.2) is 0 Å². The summed E-state index contributed by atoms with van der Waals surface area (Å²) >= 11 is 3.26. The lowest BCUT2D eigenvalue weighted by molar-refractivity contribution is -0.154. The Labute approximate surface area is 264 Å². The van der Waals surface area contributed by atoms with Crippen LogP contribution in [0.5, 0.6) is 5.75 Å². The number of fused-ring (bicyclic) bond motifs is 5. The van der Waals surface area contributed by atoms with Crippen LogP contribution < -0.4 is 4.74 Å². The summed E-state index contributed by atoms with van der Waals surface area (Å²) in [5.74, 6) is 2.32. The van der Waals surface area contributed by atoms with Gasteiger partial charge in [0.1, 0.15) is 17.2 Å². The number of rotatable bonds is 17. The molecule has 0 N–H and O–H groups in total. The minimum Gasteiger partial charge on any atom is -0.461 e. The monoisotopic (exact) mass is 644 g/mol. The molecule has 4 rings (SSSR count). The number of hydrogen-bond acceptors (Lipinski definition) is 4. The van der Waals surface area contributed by atoms with Crippen molar-refractivity contribution in [1.82, 2.24) is 0 Å². The first-order valence-electron chi connectivity index (χ1n) is 17.5. The molecule has 0 radical (unpaired) electrons. The molecule has 0 unspecified atom stereocenters. The first-order chi connectivity index (χ1) is 20.4. The SMILES string of the molecule is CCCCCCCCCCCCCCCC(=O)Oc1cc(C)c2c(c1)CC[C@@H]1[C@@H]2CC[C@]2(C)[C@@H](OC(=O)CBr)CC[C@@H]12. The molecule has 5 heteroatoms. The van der Waals surface area contributed by atoms with Crippen LogP contribution >= 0.6 is 15.9 Å². The van der Waals surface area contributed by atoms with Gasteiger partial charge in [-0.3, -0.25) is 9.59 Å². The van der Waals surface area contributed by atoms with E-state index in [-0.39, 0.29) is 28.8 Å². The zero-order valence-electron chi connectivity index (χ0n) is 26.8. The highest BCUT2D eigenvalue weighted by Crippen LogP contribution is 2.62. The zero-order chi connectivity index (χ0) is 30.0. The van der Waals surface area contributed by atoms with Crippen LogP contribution in [0.2, 0.25) is 0 Å².